The van der Waals surface area contributed by atoms with Gasteiger partial charge in [0.25, 0.3) is 0 Å². The fraction of sp³-hybridized carbons (Fsp3) is 0.571. The third kappa shape index (κ3) is 13.4. The standard InChI is InChI=1S/C18H26O3.C3H8O2/c1-3-4-5-6-7-11-14-21-18(19)17(20-2)15-16-12-9-8-10-13-16;1-3(5)2-4/h8-10,12-13,15H,3-7,11,14H2,1-2H3;3-5H,2H2,1H3. The van der Waals surface area contributed by atoms with Crippen molar-refractivity contribution in [1.29, 1.82) is 0 Å². The van der Waals surface area contributed by atoms with Crippen LogP contribution in [0, 0.1) is 0 Å². The number of aliphatic hydroxyl groups is 2. The highest BCUT2D eigenvalue weighted by Gasteiger charge is 2.11. The third-order valence-corrected chi connectivity index (χ3v) is 3.51. The van der Waals surface area contributed by atoms with Crippen LogP contribution >= 0.6 is 0 Å². The van der Waals surface area contributed by atoms with Gasteiger partial charge >= 0.3 is 5.97 Å². The van der Waals surface area contributed by atoms with Crippen molar-refractivity contribution < 1.29 is 24.5 Å². The zero-order valence-corrected chi connectivity index (χ0v) is 16.3. The van der Waals surface area contributed by atoms with E-state index in [9.17, 15) is 4.79 Å². The van der Waals surface area contributed by atoms with Gasteiger partial charge in [0.15, 0.2) is 0 Å². The van der Waals surface area contributed by atoms with E-state index < -0.39 is 12.1 Å². The average molecular weight is 366 g/mol. The minimum absolute atomic E-state index is 0.139. The zero-order chi connectivity index (χ0) is 19.6. The molecule has 5 heteroatoms. The Labute approximate surface area is 157 Å². The molecule has 0 aliphatic heterocycles. The Hall–Kier alpha value is -1.85. The lowest BCUT2D eigenvalue weighted by atomic mass is 10.1. The van der Waals surface area contributed by atoms with E-state index in [1.807, 2.05) is 30.3 Å². The first kappa shape index (κ1) is 24.2. The number of carbonyl (C=O) groups excluding carboxylic acids is 1. The van der Waals surface area contributed by atoms with Crippen molar-refractivity contribution in [3.8, 4) is 0 Å². The van der Waals surface area contributed by atoms with E-state index in [0.717, 1.165) is 18.4 Å². The number of benzene rings is 1. The van der Waals surface area contributed by atoms with Crippen molar-refractivity contribution in [1.82, 2.24) is 0 Å². The van der Waals surface area contributed by atoms with Crippen LogP contribution in [0.4, 0.5) is 0 Å². The highest BCUT2D eigenvalue weighted by molar-refractivity contribution is 5.91. The van der Waals surface area contributed by atoms with Gasteiger partial charge in [0, 0.05) is 0 Å². The topological polar surface area (TPSA) is 76.0 Å². The van der Waals surface area contributed by atoms with Crippen LogP contribution in [0.2, 0.25) is 0 Å². The number of rotatable bonds is 11. The molecule has 1 aromatic rings. The summed E-state index contributed by atoms with van der Waals surface area (Å²) in [6.45, 7) is 4.05. The molecular weight excluding hydrogens is 332 g/mol. The Kier molecular flexibility index (Phi) is 15.4. The maximum atomic E-state index is 11.9. The number of hydrogen-bond donors (Lipinski definition) is 2. The smallest absolute Gasteiger partial charge is 0.373 e. The van der Waals surface area contributed by atoms with Crippen molar-refractivity contribution in [2.24, 2.45) is 0 Å². The van der Waals surface area contributed by atoms with E-state index >= 15 is 0 Å². The van der Waals surface area contributed by atoms with Crippen LogP contribution in [-0.4, -0.2) is 42.6 Å². The molecule has 5 nitrogen and oxygen atoms in total. The summed E-state index contributed by atoms with van der Waals surface area (Å²) in [4.78, 5) is 11.9. The molecule has 0 saturated carbocycles. The molecule has 0 heterocycles. The maximum absolute atomic E-state index is 11.9. The lowest BCUT2D eigenvalue weighted by Gasteiger charge is -2.07. The van der Waals surface area contributed by atoms with Crippen LogP contribution in [-0.2, 0) is 14.3 Å². The minimum atomic E-state index is -0.560. The quantitative estimate of drug-likeness (QED) is 0.268. The molecule has 0 aromatic heterocycles. The van der Waals surface area contributed by atoms with Crippen molar-refractivity contribution in [2.75, 3.05) is 20.3 Å². The summed E-state index contributed by atoms with van der Waals surface area (Å²) < 4.78 is 10.4. The summed E-state index contributed by atoms with van der Waals surface area (Å²) in [5.74, 6) is -0.151. The molecule has 1 rings (SSSR count). The second-order valence-corrected chi connectivity index (χ2v) is 6.06. The maximum Gasteiger partial charge on any atom is 0.373 e. The Balaban J connectivity index is 0.00000110. The van der Waals surface area contributed by atoms with Crippen molar-refractivity contribution >= 4 is 12.0 Å². The summed E-state index contributed by atoms with van der Waals surface area (Å²) in [5, 5.41) is 16.0. The Morgan fingerprint density at radius 3 is 2.23 bits per heavy atom. The average Bonchev–Trinajstić information content (AvgIpc) is 2.66. The SMILES string of the molecule is CC(O)CO.CCCCCCCCOC(=O)C(=Cc1ccccc1)OC. The van der Waals surface area contributed by atoms with Crippen LogP contribution < -0.4 is 0 Å². The number of aliphatic hydroxyl groups excluding tert-OH is 2. The number of methoxy groups -OCH3 is 1. The van der Waals surface area contributed by atoms with E-state index in [-0.39, 0.29) is 12.4 Å². The van der Waals surface area contributed by atoms with Crippen LogP contribution in [0.3, 0.4) is 0 Å². The second-order valence-electron chi connectivity index (χ2n) is 6.06. The van der Waals surface area contributed by atoms with Gasteiger partial charge in [0.05, 0.1) is 26.4 Å². The van der Waals surface area contributed by atoms with Gasteiger partial charge in [-0.15, -0.1) is 0 Å². The van der Waals surface area contributed by atoms with Gasteiger partial charge in [-0.3, -0.25) is 0 Å². The molecule has 1 aromatic carbocycles. The molecule has 148 valence electrons. The predicted octanol–water partition coefficient (Wildman–Crippen LogP) is 3.94. The van der Waals surface area contributed by atoms with Gasteiger partial charge in [-0.2, -0.15) is 0 Å². The number of esters is 1. The van der Waals surface area contributed by atoms with Crippen LogP contribution in [0.25, 0.3) is 6.08 Å². The summed E-state index contributed by atoms with van der Waals surface area (Å²) in [5.41, 5.74) is 0.922. The fourth-order valence-corrected chi connectivity index (χ4v) is 2.02. The van der Waals surface area contributed by atoms with Crippen molar-refractivity contribution in [3.05, 3.63) is 41.7 Å². The number of hydrogen-bond acceptors (Lipinski definition) is 5. The van der Waals surface area contributed by atoms with Crippen molar-refractivity contribution in [3.63, 3.8) is 0 Å². The molecule has 0 amide bonds. The monoisotopic (exact) mass is 366 g/mol. The van der Waals surface area contributed by atoms with Crippen LogP contribution in [0.1, 0.15) is 57.9 Å². The van der Waals surface area contributed by atoms with Crippen LogP contribution in [0.15, 0.2) is 36.1 Å². The van der Waals surface area contributed by atoms with E-state index in [2.05, 4.69) is 6.92 Å². The summed E-state index contributed by atoms with van der Waals surface area (Å²) >= 11 is 0. The van der Waals surface area contributed by atoms with E-state index in [1.54, 1.807) is 6.08 Å². The Morgan fingerprint density at radius 1 is 1.12 bits per heavy atom. The third-order valence-electron chi connectivity index (χ3n) is 3.51. The van der Waals surface area contributed by atoms with Crippen LogP contribution in [0.5, 0.6) is 0 Å². The fourth-order valence-electron chi connectivity index (χ4n) is 2.02. The Morgan fingerprint density at radius 2 is 1.69 bits per heavy atom. The largest absolute Gasteiger partial charge is 0.490 e. The zero-order valence-electron chi connectivity index (χ0n) is 16.3. The van der Waals surface area contributed by atoms with E-state index in [1.165, 1.54) is 39.7 Å². The number of ether oxygens (including phenoxy) is 2. The molecule has 1 atom stereocenters. The number of carbonyl (C=O) groups is 1. The van der Waals surface area contributed by atoms with E-state index in [4.69, 9.17) is 19.7 Å². The second kappa shape index (κ2) is 16.6. The molecule has 0 radical (unpaired) electrons. The number of unbranched alkanes of at least 4 members (excludes halogenated alkanes) is 5. The van der Waals surface area contributed by atoms with Gasteiger partial charge in [0.1, 0.15) is 0 Å². The van der Waals surface area contributed by atoms with Gasteiger partial charge in [-0.1, -0.05) is 69.4 Å². The lowest BCUT2D eigenvalue weighted by molar-refractivity contribution is -0.142. The Bertz CT molecular complexity index is 482. The molecule has 0 aliphatic rings. The van der Waals surface area contributed by atoms with Gasteiger partial charge in [-0.25, -0.2) is 4.79 Å². The van der Waals surface area contributed by atoms with Crippen molar-refractivity contribution in [2.45, 2.75) is 58.5 Å². The summed E-state index contributed by atoms with van der Waals surface area (Å²) in [6.07, 6.45) is 8.17. The van der Waals surface area contributed by atoms with Gasteiger partial charge in [0.2, 0.25) is 5.76 Å². The summed E-state index contributed by atoms with van der Waals surface area (Å²) in [6, 6.07) is 9.60. The highest BCUT2D eigenvalue weighted by Crippen LogP contribution is 2.10. The first-order valence-electron chi connectivity index (χ1n) is 9.31. The predicted molar refractivity (Wildman–Crippen MR) is 105 cm³/mol. The summed E-state index contributed by atoms with van der Waals surface area (Å²) in [7, 11) is 1.49. The first-order valence-corrected chi connectivity index (χ1v) is 9.31. The lowest BCUT2D eigenvalue weighted by Crippen LogP contribution is -2.10. The highest BCUT2D eigenvalue weighted by atomic mass is 16.6. The molecule has 0 aliphatic carbocycles. The molecule has 0 bridgehead atoms. The van der Waals surface area contributed by atoms with E-state index in [0.29, 0.717) is 6.61 Å². The minimum Gasteiger partial charge on any atom is -0.490 e. The normalized spacial score (nSPS) is 12.0. The molecule has 0 spiro atoms. The molecule has 0 saturated heterocycles. The molecular formula is C21H34O5. The molecule has 2 N–H and O–H groups in total. The first-order chi connectivity index (χ1) is 12.5. The molecule has 26 heavy (non-hydrogen) atoms. The van der Waals surface area contributed by atoms with Gasteiger partial charge < -0.3 is 19.7 Å². The molecule has 1 unspecified atom stereocenters. The molecule has 0 fully saturated rings. The van der Waals surface area contributed by atoms with Gasteiger partial charge in [-0.05, 0) is 25.0 Å².